The number of nitrogens with two attached hydrogens (primary N) is 1. The maximum absolute atomic E-state index is 12.9. The van der Waals surface area contributed by atoms with Gasteiger partial charge in [-0.1, -0.05) is 32.0 Å². The summed E-state index contributed by atoms with van der Waals surface area (Å²) in [6.07, 6.45) is 0.624. The Morgan fingerprint density at radius 1 is 1.19 bits per heavy atom. The number of anilines is 1. The summed E-state index contributed by atoms with van der Waals surface area (Å²) < 4.78 is 5.90. The molecular weight excluding hydrogens is 342 g/mol. The normalized spacial score (nSPS) is 13.7. The highest BCUT2D eigenvalue weighted by Gasteiger charge is 2.27. The van der Waals surface area contributed by atoms with Gasteiger partial charge < -0.3 is 15.1 Å². The van der Waals surface area contributed by atoms with E-state index in [2.05, 4.69) is 15.0 Å². The molecule has 2 N–H and O–H groups in total. The number of hydrogen-bond donors (Lipinski definition) is 1. The highest BCUT2D eigenvalue weighted by Crippen LogP contribution is 2.27. The molecule has 0 radical (unpaired) electrons. The number of nitrogens with zero attached hydrogens (tertiary/aromatic N) is 4. The molecule has 0 atom stereocenters. The van der Waals surface area contributed by atoms with Crippen LogP contribution in [0.25, 0.3) is 11.5 Å². The Labute approximate surface area is 157 Å². The zero-order valence-corrected chi connectivity index (χ0v) is 15.3. The van der Waals surface area contributed by atoms with Gasteiger partial charge in [0, 0.05) is 24.2 Å². The van der Waals surface area contributed by atoms with Gasteiger partial charge in [0.05, 0.1) is 6.54 Å². The van der Waals surface area contributed by atoms with Crippen LogP contribution in [0.4, 0.5) is 5.95 Å². The SMILES string of the molecule is CC(C)c1cc(C(=O)N2CCc3oc(-c4ccccc4)nc3C2)nc(N)n1. The lowest BCUT2D eigenvalue weighted by molar-refractivity contribution is 0.0722. The van der Waals surface area contributed by atoms with Crippen molar-refractivity contribution in [1.82, 2.24) is 19.9 Å². The number of amides is 1. The van der Waals surface area contributed by atoms with Crippen molar-refractivity contribution in [3.05, 3.63) is 59.2 Å². The van der Waals surface area contributed by atoms with Gasteiger partial charge >= 0.3 is 0 Å². The number of aromatic nitrogens is 3. The third-order valence-electron chi connectivity index (χ3n) is 4.61. The fraction of sp³-hybridized carbons (Fsp3) is 0.300. The van der Waals surface area contributed by atoms with E-state index in [0.717, 1.165) is 22.7 Å². The highest BCUT2D eigenvalue weighted by atomic mass is 16.4. The van der Waals surface area contributed by atoms with Crippen LogP contribution in [0.5, 0.6) is 0 Å². The Balaban J connectivity index is 1.58. The zero-order valence-electron chi connectivity index (χ0n) is 15.3. The number of nitrogen functional groups attached to an aromatic ring is 1. The van der Waals surface area contributed by atoms with Crippen LogP contribution in [0.2, 0.25) is 0 Å². The average molecular weight is 363 g/mol. The number of rotatable bonds is 3. The minimum atomic E-state index is -0.166. The van der Waals surface area contributed by atoms with Crippen molar-refractivity contribution in [2.75, 3.05) is 12.3 Å². The predicted octanol–water partition coefficient (Wildman–Crippen LogP) is 3.04. The Morgan fingerprint density at radius 2 is 1.96 bits per heavy atom. The standard InChI is InChI=1S/C20H21N5O2/c1-12(2)14-10-15(24-20(21)23-14)19(26)25-9-8-17-16(11-25)22-18(27-17)13-6-4-3-5-7-13/h3-7,10,12H,8-9,11H2,1-2H3,(H2,21,23,24). The molecule has 0 fully saturated rings. The van der Waals surface area contributed by atoms with Crippen molar-refractivity contribution in [2.24, 2.45) is 0 Å². The van der Waals surface area contributed by atoms with Gasteiger partial charge in [-0.15, -0.1) is 0 Å². The molecule has 1 aromatic carbocycles. The molecule has 27 heavy (non-hydrogen) atoms. The van der Waals surface area contributed by atoms with E-state index >= 15 is 0 Å². The molecular formula is C20H21N5O2. The van der Waals surface area contributed by atoms with Crippen LogP contribution in [0.3, 0.4) is 0 Å². The summed E-state index contributed by atoms with van der Waals surface area (Å²) in [4.78, 5) is 27.6. The van der Waals surface area contributed by atoms with Gasteiger partial charge in [0.1, 0.15) is 17.1 Å². The predicted molar refractivity (Wildman–Crippen MR) is 101 cm³/mol. The van der Waals surface area contributed by atoms with Gasteiger partial charge in [0.25, 0.3) is 5.91 Å². The van der Waals surface area contributed by atoms with Crippen molar-refractivity contribution in [3.8, 4) is 11.5 Å². The zero-order chi connectivity index (χ0) is 19.0. The number of carbonyl (C=O) groups excluding carboxylic acids is 1. The first-order valence-electron chi connectivity index (χ1n) is 8.99. The first kappa shape index (κ1) is 17.2. The Hall–Kier alpha value is -3.22. The summed E-state index contributed by atoms with van der Waals surface area (Å²) in [7, 11) is 0. The van der Waals surface area contributed by atoms with Crippen LogP contribution in [-0.2, 0) is 13.0 Å². The number of hydrogen-bond acceptors (Lipinski definition) is 6. The molecule has 0 saturated heterocycles. The lowest BCUT2D eigenvalue weighted by Crippen LogP contribution is -2.36. The van der Waals surface area contributed by atoms with Gasteiger partial charge in [0.2, 0.25) is 11.8 Å². The number of fused-ring (bicyclic) bond motifs is 1. The molecule has 3 heterocycles. The quantitative estimate of drug-likeness (QED) is 0.768. The molecule has 4 rings (SSSR count). The van der Waals surface area contributed by atoms with Crippen LogP contribution in [0.1, 0.15) is 47.4 Å². The fourth-order valence-corrected chi connectivity index (χ4v) is 3.13. The molecule has 1 aliphatic rings. The largest absolute Gasteiger partial charge is 0.441 e. The fourth-order valence-electron chi connectivity index (χ4n) is 3.13. The Bertz CT molecular complexity index is 981. The number of carbonyl (C=O) groups is 1. The highest BCUT2D eigenvalue weighted by molar-refractivity contribution is 5.92. The Morgan fingerprint density at radius 3 is 2.70 bits per heavy atom. The molecule has 1 aliphatic heterocycles. The monoisotopic (exact) mass is 363 g/mol. The van der Waals surface area contributed by atoms with E-state index < -0.39 is 0 Å². The third kappa shape index (κ3) is 3.40. The topological polar surface area (TPSA) is 98.1 Å². The Kier molecular flexibility index (Phi) is 4.35. The smallest absolute Gasteiger partial charge is 0.273 e. The van der Waals surface area contributed by atoms with Crippen molar-refractivity contribution >= 4 is 11.9 Å². The minimum absolute atomic E-state index is 0.120. The molecule has 0 spiro atoms. The lowest BCUT2D eigenvalue weighted by Gasteiger charge is -2.25. The van der Waals surface area contributed by atoms with E-state index in [-0.39, 0.29) is 17.8 Å². The first-order chi connectivity index (χ1) is 13.0. The summed E-state index contributed by atoms with van der Waals surface area (Å²) in [6, 6.07) is 11.5. The van der Waals surface area contributed by atoms with Crippen molar-refractivity contribution in [3.63, 3.8) is 0 Å². The molecule has 0 aliphatic carbocycles. The molecule has 3 aromatic rings. The summed E-state index contributed by atoms with van der Waals surface area (Å²) in [5.41, 5.74) is 8.59. The van der Waals surface area contributed by atoms with Crippen LogP contribution >= 0.6 is 0 Å². The van der Waals surface area contributed by atoms with Crippen LogP contribution < -0.4 is 5.73 Å². The second kappa shape index (κ2) is 6.83. The first-order valence-corrected chi connectivity index (χ1v) is 8.99. The van der Waals surface area contributed by atoms with E-state index in [0.29, 0.717) is 31.1 Å². The summed E-state index contributed by atoms with van der Waals surface area (Å²) >= 11 is 0. The van der Waals surface area contributed by atoms with Crippen molar-refractivity contribution < 1.29 is 9.21 Å². The van der Waals surface area contributed by atoms with Gasteiger partial charge in [0.15, 0.2) is 0 Å². The maximum Gasteiger partial charge on any atom is 0.273 e. The van der Waals surface area contributed by atoms with E-state index in [4.69, 9.17) is 10.2 Å². The average Bonchev–Trinajstić information content (AvgIpc) is 3.11. The van der Waals surface area contributed by atoms with Crippen molar-refractivity contribution in [2.45, 2.75) is 32.7 Å². The van der Waals surface area contributed by atoms with Crippen LogP contribution in [0.15, 0.2) is 40.8 Å². The number of oxazole rings is 1. The minimum Gasteiger partial charge on any atom is -0.441 e. The molecule has 2 aromatic heterocycles. The third-order valence-corrected chi connectivity index (χ3v) is 4.61. The maximum atomic E-state index is 12.9. The molecule has 1 amide bonds. The van der Waals surface area contributed by atoms with Crippen LogP contribution in [0, 0.1) is 0 Å². The van der Waals surface area contributed by atoms with E-state index in [1.807, 2.05) is 44.2 Å². The van der Waals surface area contributed by atoms with Gasteiger partial charge in [-0.2, -0.15) is 0 Å². The van der Waals surface area contributed by atoms with E-state index in [9.17, 15) is 4.79 Å². The van der Waals surface area contributed by atoms with E-state index in [1.54, 1.807) is 11.0 Å². The second-order valence-electron chi connectivity index (χ2n) is 6.92. The lowest BCUT2D eigenvalue weighted by atomic mass is 10.1. The molecule has 138 valence electrons. The molecule has 0 saturated carbocycles. The molecule has 0 bridgehead atoms. The summed E-state index contributed by atoms with van der Waals surface area (Å²) in [5, 5.41) is 0. The van der Waals surface area contributed by atoms with Gasteiger partial charge in [-0.25, -0.2) is 15.0 Å². The molecule has 0 unspecified atom stereocenters. The summed E-state index contributed by atoms with van der Waals surface area (Å²) in [6.45, 7) is 4.95. The van der Waals surface area contributed by atoms with Gasteiger partial charge in [-0.3, -0.25) is 4.79 Å². The second-order valence-corrected chi connectivity index (χ2v) is 6.92. The molecule has 7 nitrogen and oxygen atoms in total. The summed E-state index contributed by atoms with van der Waals surface area (Å²) in [5.74, 6) is 1.54. The van der Waals surface area contributed by atoms with Crippen LogP contribution in [-0.4, -0.2) is 32.3 Å². The molecule has 7 heteroatoms. The van der Waals surface area contributed by atoms with E-state index in [1.165, 1.54) is 0 Å². The van der Waals surface area contributed by atoms with Gasteiger partial charge in [-0.05, 0) is 24.1 Å². The van der Waals surface area contributed by atoms with Crippen molar-refractivity contribution in [1.29, 1.82) is 0 Å². The number of benzene rings is 1.